The molecule has 4 rings (SSSR count). The first-order valence-corrected chi connectivity index (χ1v) is 10.3. The van der Waals surface area contributed by atoms with Crippen LogP contribution < -0.4 is 9.47 Å². The van der Waals surface area contributed by atoms with Crippen LogP contribution in [0.4, 0.5) is 0 Å². The molecule has 142 valence electrons. The minimum absolute atomic E-state index is 0.0765. The van der Waals surface area contributed by atoms with Crippen molar-refractivity contribution < 1.29 is 19.0 Å². The predicted octanol–water partition coefficient (Wildman–Crippen LogP) is 5.17. The largest absolute Gasteiger partial charge is 0.487 e. The van der Waals surface area contributed by atoms with Gasteiger partial charge in [0.25, 0.3) is 0 Å². The van der Waals surface area contributed by atoms with Crippen LogP contribution in [0.5, 0.6) is 11.5 Å². The fourth-order valence-electron chi connectivity index (χ4n) is 5.01. The Hall–Kier alpha value is -1.23. The highest BCUT2D eigenvalue weighted by molar-refractivity contribution is 9.09. The topological polar surface area (TPSA) is 44.8 Å². The molecule has 1 saturated carbocycles. The van der Waals surface area contributed by atoms with Crippen molar-refractivity contribution in [1.82, 2.24) is 0 Å². The number of aryl methyl sites for hydroxylation is 1. The SMILES string of the molecule is Cc1cc2c(c3c1C(=O)OC(C)(C)O3)C[C@H]1C(C)(C)[C@@H](Br)CC[C@]1(C)O2. The predicted molar refractivity (Wildman–Crippen MR) is 103 cm³/mol. The highest BCUT2D eigenvalue weighted by atomic mass is 79.9. The summed E-state index contributed by atoms with van der Waals surface area (Å²) in [6.45, 7) is 12.3. The molecule has 5 heteroatoms. The molecule has 2 aliphatic heterocycles. The minimum Gasteiger partial charge on any atom is -0.487 e. The van der Waals surface area contributed by atoms with E-state index in [2.05, 4.69) is 36.7 Å². The maximum absolute atomic E-state index is 12.6. The molecule has 0 spiro atoms. The smallest absolute Gasteiger partial charge is 0.345 e. The van der Waals surface area contributed by atoms with Gasteiger partial charge in [0.05, 0.1) is 0 Å². The van der Waals surface area contributed by atoms with E-state index in [1.54, 1.807) is 13.8 Å². The quantitative estimate of drug-likeness (QED) is 0.427. The lowest BCUT2D eigenvalue weighted by Gasteiger charge is -2.55. The second kappa shape index (κ2) is 5.40. The fraction of sp³-hybridized carbons (Fsp3) is 0.667. The van der Waals surface area contributed by atoms with Gasteiger partial charge in [-0.1, -0.05) is 29.8 Å². The van der Waals surface area contributed by atoms with E-state index in [1.807, 2.05) is 13.0 Å². The summed E-state index contributed by atoms with van der Waals surface area (Å²) < 4.78 is 18.2. The molecule has 1 aliphatic carbocycles. The van der Waals surface area contributed by atoms with E-state index in [1.165, 1.54) is 0 Å². The molecule has 26 heavy (non-hydrogen) atoms. The van der Waals surface area contributed by atoms with Crippen LogP contribution >= 0.6 is 15.9 Å². The van der Waals surface area contributed by atoms with Crippen LogP contribution in [0.2, 0.25) is 0 Å². The van der Waals surface area contributed by atoms with Gasteiger partial charge in [0.15, 0.2) is 0 Å². The van der Waals surface area contributed by atoms with E-state index in [4.69, 9.17) is 14.2 Å². The van der Waals surface area contributed by atoms with E-state index in [-0.39, 0.29) is 17.0 Å². The zero-order chi connectivity index (χ0) is 19.1. The lowest BCUT2D eigenvalue weighted by molar-refractivity contribution is -0.129. The Morgan fingerprint density at radius 3 is 2.50 bits per heavy atom. The van der Waals surface area contributed by atoms with Crippen molar-refractivity contribution in [2.24, 2.45) is 11.3 Å². The summed E-state index contributed by atoms with van der Waals surface area (Å²) >= 11 is 3.89. The van der Waals surface area contributed by atoms with Gasteiger partial charge >= 0.3 is 5.97 Å². The van der Waals surface area contributed by atoms with Gasteiger partial charge in [0.1, 0.15) is 22.7 Å². The lowest BCUT2D eigenvalue weighted by Crippen LogP contribution is -2.57. The van der Waals surface area contributed by atoms with Gasteiger partial charge in [-0.3, -0.25) is 0 Å². The van der Waals surface area contributed by atoms with Crippen LogP contribution in [0.15, 0.2) is 6.07 Å². The van der Waals surface area contributed by atoms with Gasteiger partial charge in [-0.2, -0.15) is 0 Å². The number of halogens is 1. The molecule has 1 aromatic rings. The molecule has 3 atom stereocenters. The van der Waals surface area contributed by atoms with Crippen LogP contribution in [0, 0.1) is 18.3 Å². The molecular formula is C21H27BrO4. The number of hydrogen-bond donors (Lipinski definition) is 0. The summed E-state index contributed by atoms with van der Waals surface area (Å²) in [7, 11) is 0. The van der Waals surface area contributed by atoms with E-state index in [0.29, 0.717) is 22.1 Å². The van der Waals surface area contributed by atoms with Crippen molar-refractivity contribution in [2.75, 3.05) is 0 Å². The van der Waals surface area contributed by atoms with E-state index >= 15 is 0 Å². The first-order valence-electron chi connectivity index (χ1n) is 9.36. The second-order valence-corrected chi connectivity index (χ2v) is 10.4. The summed E-state index contributed by atoms with van der Waals surface area (Å²) in [6, 6.07) is 1.98. The van der Waals surface area contributed by atoms with Gasteiger partial charge in [0, 0.05) is 30.2 Å². The first kappa shape index (κ1) is 18.1. The van der Waals surface area contributed by atoms with Gasteiger partial charge in [-0.25, -0.2) is 4.79 Å². The van der Waals surface area contributed by atoms with Crippen molar-refractivity contribution in [3.63, 3.8) is 0 Å². The van der Waals surface area contributed by atoms with Gasteiger partial charge in [0.2, 0.25) is 5.79 Å². The number of ether oxygens (including phenoxy) is 3. The average molecular weight is 423 g/mol. The monoisotopic (exact) mass is 422 g/mol. The van der Waals surface area contributed by atoms with Crippen LogP contribution in [0.3, 0.4) is 0 Å². The lowest BCUT2D eigenvalue weighted by atomic mass is 9.59. The third-order valence-corrected chi connectivity index (χ3v) is 8.16. The molecule has 0 unspecified atom stereocenters. The standard InChI is InChI=1S/C21H27BrO4/c1-11-9-13-12(17-16(11)18(23)26-20(4,5)25-17)10-14-19(2,3)15(22)7-8-21(14,6)24-13/h9,14-15H,7-8,10H2,1-6H3/t14-,15-,21-/m0/s1. The number of cyclic esters (lactones) is 1. The van der Waals surface area contributed by atoms with Crippen LogP contribution in [-0.2, 0) is 11.2 Å². The number of fused-ring (bicyclic) bond motifs is 4. The maximum atomic E-state index is 12.6. The molecule has 1 aromatic carbocycles. The van der Waals surface area contributed by atoms with Crippen molar-refractivity contribution in [2.45, 2.75) is 77.0 Å². The van der Waals surface area contributed by atoms with Crippen LogP contribution in [0.25, 0.3) is 0 Å². The number of benzene rings is 1. The highest BCUT2D eigenvalue weighted by Gasteiger charge is 2.55. The summed E-state index contributed by atoms with van der Waals surface area (Å²) in [6.07, 6.45) is 2.95. The van der Waals surface area contributed by atoms with Crippen molar-refractivity contribution in [1.29, 1.82) is 0 Å². The van der Waals surface area contributed by atoms with Gasteiger partial charge < -0.3 is 14.2 Å². The first-order chi connectivity index (χ1) is 11.9. The summed E-state index contributed by atoms with van der Waals surface area (Å²) in [5.41, 5.74) is 2.26. The molecule has 3 aliphatic rings. The Morgan fingerprint density at radius 2 is 1.81 bits per heavy atom. The van der Waals surface area contributed by atoms with Gasteiger partial charge in [-0.15, -0.1) is 0 Å². The molecule has 0 saturated heterocycles. The normalized spacial score (nSPS) is 33.7. The molecule has 2 heterocycles. The number of rotatable bonds is 0. The number of carbonyl (C=O) groups excluding carboxylic acids is 1. The molecule has 0 radical (unpaired) electrons. The Morgan fingerprint density at radius 1 is 1.12 bits per heavy atom. The van der Waals surface area contributed by atoms with Gasteiger partial charge in [-0.05, 0) is 50.2 Å². The maximum Gasteiger partial charge on any atom is 0.345 e. The third-order valence-electron chi connectivity index (χ3n) is 6.52. The van der Waals surface area contributed by atoms with Crippen molar-refractivity contribution in [3.8, 4) is 11.5 Å². The number of esters is 1. The summed E-state index contributed by atoms with van der Waals surface area (Å²) in [5, 5.41) is 0. The third kappa shape index (κ3) is 2.49. The van der Waals surface area contributed by atoms with Crippen LogP contribution in [0.1, 0.15) is 68.9 Å². The Balaban J connectivity index is 1.88. The highest BCUT2D eigenvalue weighted by Crippen LogP contribution is 2.57. The van der Waals surface area contributed by atoms with Crippen LogP contribution in [-0.4, -0.2) is 22.2 Å². The molecular weight excluding hydrogens is 396 g/mol. The zero-order valence-electron chi connectivity index (χ0n) is 16.4. The Kier molecular flexibility index (Phi) is 3.77. The zero-order valence-corrected chi connectivity index (χ0v) is 18.0. The molecule has 1 fully saturated rings. The Labute approximate surface area is 163 Å². The van der Waals surface area contributed by atoms with E-state index in [0.717, 1.165) is 36.1 Å². The van der Waals surface area contributed by atoms with Crippen molar-refractivity contribution >= 4 is 21.9 Å². The van der Waals surface area contributed by atoms with E-state index in [9.17, 15) is 4.79 Å². The minimum atomic E-state index is -0.966. The molecule has 0 bridgehead atoms. The number of hydrogen-bond acceptors (Lipinski definition) is 4. The molecule has 4 nitrogen and oxygen atoms in total. The Bertz CT molecular complexity index is 798. The van der Waals surface area contributed by atoms with E-state index < -0.39 is 5.79 Å². The summed E-state index contributed by atoms with van der Waals surface area (Å²) in [4.78, 5) is 13.0. The number of alkyl halides is 1. The second-order valence-electron chi connectivity index (χ2n) is 9.26. The molecule has 0 N–H and O–H groups in total. The molecule has 0 aromatic heterocycles. The van der Waals surface area contributed by atoms with Crippen molar-refractivity contribution in [3.05, 3.63) is 22.8 Å². The number of carbonyl (C=O) groups is 1. The average Bonchev–Trinajstić information content (AvgIpc) is 2.48. The molecule has 0 amide bonds. The fourth-order valence-corrected chi connectivity index (χ4v) is 5.56. The summed E-state index contributed by atoms with van der Waals surface area (Å²) in [5.74, 6) is 0.556.